The Morgan fingerprint density at radius 3 is 2.77 bits per heavy atom. The Kier molecular flexibility index (Phi) is 9.80. The number of nitrogens with zero attached hydrogens (tertiary/aromatic N) is 1. The number of aliphatic hydroxyl groups is 3. The van der Waals surface area contributed by atoms with E-state index in [9.17, 15) is 30.3 Å². The van der Waals surface area contributed by atoms with Gasteiger partial charge >= 0.3 is 0 Å². The summed E-state index contributed by atoms with van der Waals surface area (Å²) >= 11 is 0. The highest BCUT2D eigenvalue weighted by Crippen LogP contribution is 2.38. The van der Waals surface area contributed by atoms with Crippen LogP contribution in [0.1, 0.15) is 97.3 Å². The van der Waals surface area contributed by atoms with Gasteiger partial charge in [-0.15, -0.1) is 0 Å². The molecule has 0 radical (unpaired) electrons. The van der Waals surface area contributed by atoms with Crippen LogP contribution in [0.15, 0.2) is 49.1 Å². The molecule has 4 heterocycles. The van der Waals surface area contributed by atoms with Crippen LogP contribution in [0.25, 0.3) is 17.0 Å². The van der Waals surface area contributed by atoms with Crippen molar-refractivity contribution < 1.29 is 35.1 Å². The number of hydrogen-bond donors (Lipinski definition) is 8. The number of phenols is 2. The van der Waals surface area contributed by atoms with E-state index in [0.29, 0.717) is 24.0 Å². The number of ketones is 1. The summed E-state index contributed by atoms with van der Waals surface area (Å²) in [7, 11) is 0. The highest BCUT2D eigenvalue weighted by atomic mass is 16.5. The molecule has 0 spiro atoms. The first-order valence-electron chi connectivity index (χ1n) is 16.4. The zero-order valence-corrected chi connectivity index (χ0v) is 26.8. The zero-order chi connectivity index (χ0) is 33.9. The zero-order valence-electron chi connectivity index (χ0n) is 26.8. The van der Waals surface area contributed by atoms with Gasteiger partial charge in [0, 0.05) is 49.3 Å². The number of Topliss-reactive ketones (excluding diaryl/α,β-unsaturated/α-hetero) is 1. The Balaban J connectivity index is 1.24. The predicted molar refractivity (Wildman–Crippen MR) is 181 cm³/mol. The highest BCUT2D eigenvalue weighted by Gasteiger charge is 2.24. The summed E-state index contributed by atoms with van der Waals surface area (Å²) in [5.41, 5.74) is 12.2. The van der Waals surface area contributed by atoms with Crippen LogP contribution < -0.4 is 15.8 Å². The number of aromatic hydroxyl groups is 2. The number of rotatable bonds is 11. The Labute approximate surface area is 278 Å². The van der Waals surface area contributed by atoms with Crippen molar-refractivity contribution in [1.82, 2.24) is 14.9 Å². The SMILES string of the molecule is CCCC(O)CC(O)CC(=O)CCc1cc(OC2CC#CC(O)c3ccc4c(c3Cc3c[nH]c5cn2cc35)C=CNC4N)c(O)cc1O. The van der Waals surface area contributed by atoms with Crippen LogP contribution in [0.3, 0.4) is 0 Å². The largest absolute Gasteiger partial charge is 0.508 e. The third kappa shape index (κ3) is 7.07. The van der Waals surface area contributed by atoms with E-state index in [-0.39, 0.29) is 61.3 Å². The van der Waals surface area contributed by atoms with Crippen molar-refractivity contribution in [3.63, 3.8) is 0 Å². The fourth-order valence-electron chi connectivity index (χ4n) is 6.59. The van der Waals surface area contributed by atoms with Gasteiger partial charge in [0.05, 0.1) is 24.1 Å². The first-order chi connectivity index (χ1) is 23.1. The molecule has 2 aliphatic rings. The Bertz CT molecular complexity index is 1900. The first-order valence-corrected chi connectivity index (χ1v) is 16.4. The van der Waals surface area contributed by atoms with E-state index in [0.717, 1.165) is 39.6 Å². The van der Waals surface area contributed by atoms with Gasteiger partial charge in [0.15, 0.2) is 17.7 Å². The maximum atomic E-state index is 12.6. The van der Waals surface area contributed by atoms with Crippen LogP contribution in [0.4, 0.5) is 0 Å². The number of carbonyl (C=O) groups excluding carboxylic acids is 1. The quantitative estimate of drug-likeness (QED) is 0.109. The topological polar surface area (TPSA) is 186 Å². The molecule has 9 N–H and O–H groups in total. The van der Waals surface area contributed by atoms with Crippen molar-refractivity contribution in [3.05, 3.63) is 82.4 Å². The number of phenolic OH excluding ortho intramolecular Hbond substituents is 2. The van der Waals surface area contributed by atoms with E-state index >= 15 is 0 Å². The van der Waals surface area contributed by atoms with E-state index in [1.165, 1.54) is 12.1 Å². The lowest BCUT2D eigenvalue weighted by molar-refractivity contribution is -0.121. The number of aromatic nitrogens is 2. The molecule has 0 aliphatic carbocycles. The molecule has 5 unspecified atom stereocenters. The van der Waals surface area contributed by atoms with Crippen molar-refractivity contribution in [2.75, 3.05) is 0 Å². The molecule has 11 nitrogen and oxygen atoms in total. The second-order valence-electron chi connectivity index (χ2n) is 12.7. The molecule has 2 aromatic carbocycles. The van der Waals surface area contributed by atoms with Gasteiger partial charge in [-0.3, -0.25) is 4.79 Å². The molecule has 5 atom stereocenters. The number of H-pyrrole nitrogens is 1. The summed E-state index contributed by atoms with van der Waals surface area (Å²) in [6, 6.07) is 6.48. The van der Waals surface area contributed by atoms with Gasteiger partial charge < -0.3 is 50.9 Å². The second-order valence-corrected chi connectivity index (χ2v) is 12.7. The number of ether oxygens (including phenoxy) is 1. The number of aryl methyl sites for hydroxylation is 1. The maximum Gasteiger partial charge on any atom is 0.186 e. The molecule has 0 saturated carbocycles. The minimum absolute atomic E-state index is 0.0551. The molecule has 2 aliphatic heterocycles. The molecule has 2 aromatic heterocycles. The number of carbonyl (C=O) groups is 1. The smallest absolute Gasteiger partial charge is 0.186 e. The maximum absolute atomic E-state index is 12.6. The summed E-state index contributed by atoms with van der Waals surface area (Å²) in [5, 5.41) is 56.8. The number of aromatic amines is 1. The van der Waals surface area contributed by atoms with Gasteiger partial charge in [0.1, 0.15) is 23.8 Å². The first kappa shape index (κ1) is 33.2. The van der Waals surface area contributed by atoms with E-state index in [1.54, 1.807) is 0 Å². The molecule has 0 fully saturated rings. The number of hydrogen-bond acceptors (Lipinski definition) is 9. The molecule has 0 amide bonds. The Hall–Kier alpha value is -4.73. The number of nitrogens with one attached hydrogen (secondary N) is 2. The third-order valence-corrected chi connectivity index (χ3v) is 9.12. The van der Waals surface area contributed by atoms with Gasteiger partial charge in [-0.2, -0.15) is 0 Å². The lowest BCUT2D eigenvalue weighted by Crippen LogP contribution is -2.28. The Morgan fingerprint density at radius 2 is 1.96 bits per heavy atom. The van der Waals surface area contributed by atoms with Gasteiger partial charge in [-0.25, -0.2) is 0 Å². The average molecular weight is 655 g/mol. The summed E-state index contributed by atoms with van der Waals surface area (Å²) in [5.74, 6) is 5.48. The molecule has 48 heavy (non-hydrogen) atoms. The van der Waals surface area contributed by atoms with Crippen LogP contribution in [-0.4, -0.2) is 53.1 Å². The van der Waals surface area contributed by atoms with E-state index < -0.39 is 24.5 Å². The molecule has 2 bridgehead atoms. The summed E-state index contributed by atoms with van der Waals surface area (Å²) < 4.78 is 8.17. The third-order valence-electron chi connectivity index (χ3n) is 9.12. The fraction of sp³-hybridized carbons (Fsp3) is 0.378. The molecule has 0 saturated heterocycles. The van der Waals surface area contributed by atoms with E-state index in [2.05, 4.69) is 22.1 Å². The van der Waals surface area contributed by atoms with Gasteiger partial charge in [0.2, 0.25) is 0 Å². The monoisotopic (exact) mass is 654 g/mol. The molecule has 4 aromatic rings. The van der Waals surface area contributed by atoms with Crippen molar-refractivity contribution in [1.29, 1.82) is 0 Å². The average Bonchev–Trinajstić information content (AvgIpc) is 3.62. The molecule has 11 heteroatoms. The highest BCUT2D eigenvalue weighted by molar-refractivity contribution is 5.84. The number of benzene rings is 2. The minimum atomic E-state index is -1.06. The minimum Gasteiger partial charge on any atom is -0.508 e. The van der Waals surface area contributed by atoms with Crippen molar-refractivity contribution in [2.45, 2.75) is 89.0 Å². The van der Waals surface area contributed by atoms with E-state index in [4.69, 9.17) is 10.5 Å². The fourth-order valence-corrected chi connectivity index (χ4v) is 6.59. The number of fused-ring (bicyclic) bond motifs is 4. The summed E-state index contributed by atoms with van der Waals surface area (Å²) in [6.45, 7) is 1.94. The molecular weight excluding hydrogens is 612 g/mol. The number of aliphatic hydroxyl groups excluding tert-OH is 3. The predicted octanol–water partition coefficient (Wildman–Crippen LogP) is 4.32. The second kappa shape index (κ2) is 14.2. The lowest BCUT2D eigenvalue weighted by atomic mass is 9.87. The van der Waals surface area contributed by atoms with Crippen LogP contribution in [0, 0.1) is 11.8 Å². The Morgan fingerprint density at radius 1 is 1.15 bits per heavy atom. The van der Waals surface area contributed by atoms with Crippen molar-refractivity contribution in [3.8, 4) is 29.1 Å². The molecule has 6 rings (SSSR count). The summed E-state index contributed by atoms with van der Waals surface area (Å²) in [6.07, 6.45) is 8.19. The van der Waals surface area contributed by atoms with Crippen LogP contribution in [0.2, 0.25) is 0 Å². The van der Waals surface area contributed by atoms with Crippen LogP contribution in [-0.2, 0) is 17.6 Å². The van der Waals surface area contributed by atoms with Crippen LogP contribution in [0.5, 0.6) is 17.2 Å². The molecule has 252 valence electrons. The lowest BCUT2D eigenvalue weighted by Gasteiger charge is -2.25. The van der Waals surface area contributed by atoms with Gasteiger partial charge in [0.25, 0.3) is 0 Å². The van der Waals surface area contributed by atoms with Gasteiger partial charge in [-0.05, 0) is 71.0 Å². The summed E-state index contributed by atoms with van der Waals surface area (Å²) in [4.78, 5) is 15.9. The van der Waals surface area contributed by atoms with Crippen LogP contribution >= 0.6 is 0 Å². The standard InChI is InChI=1S/C37H42N4O7/c1-2-4-23(42)15-25(44)16-24(43)8-7-21-14-35(34(47)17-33(21)46)48-36-6-3-5-32(45)27-9-10-28-26(11-12-39-37(28)38)29(27)13-22-18-40-31-20-41(36)19-30(22)31/h9-12,14,17-20,23,25,32,36-37,39-40,42,44-47H,2,4,6-8,13,15-16,38H2,1H3. The normalized spacial score (nSPS) is 19.6. The van der Waals surface area contributed by atoms with Crippen molar-refractivity contribution >= 4 is 22.8 Å². The van der Waals surface area contributed by atoms with Crippen molar-refractivity contribution in [2.24, 2.45) is 5.73 Å². The van der Waals surface area contributed by atoms with E-state index in [1.807, 2.05) is 54.5 Å². The molecular formula is C37H42N4O7. The van der Waals surface area contributed by atoms with Gasteiger partial charge in [-0.1, -0.05) is 37.3 Å². The number of nitrogens with two attached hydrogens (primary N) is 1.